The van der Waals surface area contributed by atoms with Crippen LogP contribution in [-0.4, -0.2) is 13.4 Å². The maximum atomic E-state index is 12.5. The quantitative estimate of drug-likeness (QED) is 0.791. The Morgan fingerprint density at radius 3 is 2.83 bits per heavy atom. The number of aryl methyl sites for hydroxylation is 3. The fraction of sp³-hybridized carbons (Fsp3) is 0.278. The second-order valence-electron chi connectivity index (χ2n) is 6.14. The lowest BCUT2D eigenvalue weighted by Gasteiger charge is -2.08. The molecular formula is C18H18N2O3S. The summed E-state index contributed by atoms with van der Waals surface area (Å²) in [6, 6.07) is 10.9. The molecule has 1 N–H and O–H groups in total. The molecule has 0 bridgehead atoms. The summed E-state index contributed by atoms with van der Waals surface area (Å²) < 4.78 is 33.2. The standard InChI is InChI=1S/C18H18N2O3S/c1-12-20-17-8-5-13(9-18(17)23-12)11-19-24(21,22)16-7-6-14-3-2-4-15(14)10-16/h5-10,19H,2-4,11H2,1H3. The van der Waals surface area contributed by atoms with E-state index in [2.05, 4.69) is 9.71 Å². The zero-order valence-electron chi connectivity index (χ0n) is 13.4. The summed E-state index contributed by atoms with van der Waals surface area (Å²) in [6.07, 6.45) is 3.10. The molecule has 6 heteroatoms. The van der Waals surface area contributed by atoms with Crippen molar-refractivity contribution in [3.05, 3.63) is 59.0 Å². The summed E-state index contributed by atoms with van der Waals surface area (Å²) >= 11 is 0. The monoisotopic (exact) mass is 342 g/mol. The molecule has 24 heavy (non-hydrogen) atoms. The number of nitrogens with one attached hydrogen (secondary N) is 1. The van der Waals surface area contributed by atoms with Crippen LogP contribution in [0.5, 0.6) is 0 Å². The molecule has 5 nitrogen and oxygen atoms in total. The summed E-state index contributed by atoms with van der Waals surface area (Å²) in [5.74, 6) is 0.598. The Hall–Kier alpha value is -2.18. The van der Waals surface area contributed by atoms with Crippen LogP contribution in [0.3, 0.4) is 0 Å². The molecule has 0 saturated heterocycles. The predicted molar refractivity (Wildman–Crippen MR) is 91.2 cm³/mol. The van der Waals surface area contributed by atoms with E-state index in [1.807, 2.05) is 24.3 Å². The third kappa shape index (κ3) is 2.83. The van der Waals surface area contributed by atoms with Gasteiger partial charge in [-0.2, -0.15) is 0 Å². The molecule has 1 aromatic heterocycles. The van der Waals surface area contributed by atoms with E-state index >= 15 is 0 Å². The smallest absolute Gasteiger partial charge is 0.240 e. The molecule has 124 valence electrons. The van der Waals surface area contributed by atoms with Crippen molar-refractivity contribution in [3.8, 4) is 0 Å². The average Bonchev–Trinajstić information content (AvgIpc) is 3.16. The zero-order valence-corrected chi connectivity index (χ0v) is 14.2. The van der Waals surface area contributed by atoms with Crippen molar-refractivity contribution in [2.45, 2.75) is 37.6 Å². The van der Waals surface area contributed by atoms with Crippen LogP contribution in [0.4, 0.5) is 0 Å². The van der Waals surface area contributed by atoms with Crippen molar-refractivity contribution < 1.29 is 12.8 Å². The summed E-state index contributed by atoms with van der Waals surface area (Å²) in [5.41, 5.74) is 4.69. The first-order valence-corrected chi connectivity index (χ1v) is 9.47. The molecule has 0 fully saturated rings. The van der Waals surface area contributed by atoms with E-state index < -0.39 is 10.0 Å². The molecule has 0 unspecified atom stereocenters. The van der Waals surface area contributed by atoms with Gasteiger partial charge in [0, 0.05) is 13.5 Å². The van der Waals surface area contributed by atoms with E-state index in [4.69, 9.17) is 4.42 Å². The highest BCUT2D eigenvalue weighted by atomic mass is 32.2. The number of aromatic nitrogens is 1. The molecule has 0 spiro atoms. The van der Waals surface area contributed by atoms with Crippen LogP contribution in [0.15, 0.2) is 45.7 Å². The highest BCUT2D eigenvalue weighted by Crippen LogP contribution is 2.25. The molecule has 1 aliphatic carbocycles. The Bertz CT molecular complexity index is 1020. The summed E-state index contributed by atoms with van der Waals surface area (Å²) in [7, 11) is -3.52. The molecular weight excluding hydrogens is 324 g/mol. The molecule has 3 aromatic rings. The van der Waals surface area contributed by atoms with Crippen LogP contribution < -0.4 is 4.72 Å². The Balaban J connectivity index is 1.54. The van der Waals surface area contributed by atoms with Crippen LogP contribution in [0, 0.1) is 6.92 Å². The number of hydrogen-bond acceptors (Lipinski definition) is 4. The van der Waals surface area contributed by atoms with Gasteiger partial charge in [-0.3, -0.25) is 0 Å². The SMILES string of the molecule is Cc1nc2ccc(CNS(=O)(=O)c3ccc4c(c3)CCC4)cc2o1. The van der Waals surface area contributed by atoms with Gasteiger partial charge in [0.25, 0.3) is 0 Å². The molecule has 0 saturated carbocycles. The highest BCUT2D eigenvalue weighted by molar-refractivity contribution is 7.89. The number of nitrogens with zero attached hydrogens (tertiary/aromatic N) is 1. The fourth-order valence-electron chi connectivity index (χ4n) is 3.17. The lowest BCUT2D eigenvalue weighted by molar-refractivity contribution is 0.560. The molecule has 0 aliphatic heterocycles. The average molecular weight is 342 g/mol. The van der Waals surface area contributed by atoms with Crippen LogP contribution in [0.2, 0.25) is 0 Å². The second-order valence-corrected chi connectivity index (χ2v) is 7.91. The molecule has 1 heterocycles. The molecule has 2 aromatic carbocycles. The van der Waals surface area contributed by atoms with Crippen molar-refractivity contribution in [1.82, 2.24) is 9.71 Å². The van der Waals surface area contributed by atoms with Crippen LogP contribution in [0.1, 0.15) is 29.0 Å². The van der Waals surface area contributed by atoms with Crippen molar-refractivity contribution in [1.29, 1.82) is 0 Å². The minimum Gasteiger partial charge on any atom is -0.441 e. The van der Waals surface area contributed by atoms with Crippen molar-refractivity contribution in [2.75, 3.05) is 0 Å². The van der Waals surface area contributed by atoms with Crippen molar-refractivity contribution >= 4 is 21.1 Å². The predicted octanol–water partition coefficient (Wildman–Crippen LogP) is 3.10. The Labute approximate surface area is 140 Å². The van der Waals surface area contributed by atoms with Gasteiger partial charge >= 0.3 is 0 Å². The Morgan fingerprint density at radius 1 is 1.12 bits per heavy atom. The topological polar surface area (TPSA) is 72.2 Å². The highest BCUT2D eigenvalue weighted by Gasteiger charge is 2.18. The number of rotatable bonds is 4. The van der Waals surface area contributed by atoms with Gasteiger partial charge in [-0.05, 0) is 60.2 Å². The van der Waals surface area contributed by atoms with E-state index in [0.29, 0.717) is 16.4 Å². The second kappa shape index (κ2) is 5.72. The minimum atomic E-state index is -3.52. The summed E-state index contributed by atoms with van der Waals surface area (Å²) in [4.78, 5) is 4.57. The molecule has 0 amide bonds. The van der Waals surface area contributed by atoms with Crippen molar-refractivity contribution in [2.24, 2.45) is 0 Å². The molecule has 1 aliphatic rings. The van der Waals surface area contributed by atoms with Gasteiger partial charge in [0.2, 0.25) is 10.0 Å². The number of oxazole rings is 1. The van der Waals surface area contributed by atoms with Crippen LogP contribution in [0.25, 0.3) is 11.1 Å². The lowest BCUT2D eigenvalue weighted by Crippen LogP contribution is -2.23. The number of benzene rings is 2. The first kappa shape index (κ1) is 15.4. The first-order valence-electron chi connectivity index (χ1n) is 7.99. The van der Waals surface area contributed by atoms with E-state index in [1.54, 1.807) is 19.1 Å². The Morgan fingerprint density at radius 2 is 1.96 bits per heavy atom. The first-order chi connectivity index (χ1) is 11.5. The number of hydrogen-bond donors (Lipinski definition) is 1. The fourth-order valence-corrected chi connectivity index (χ4v) is 4.24. The van der Waals surface area contributed by atoms with Gasteiger partial charge < -0.3 is 4.42 Å². The van der Waals surface area contributed by atoms with E-state index in [0.717, 1.165) is 35.9 Å². The largest absolute Gasteiger partial charge is 0.441 e. The van der Waals surface area contributed by atoms with Gasteiger partial charge in [0.1, 0.15) is 5.52 Å². The van der Waals surface area contributed by atoms with Crippen molar-refractivity contribution in [3.63, 3.8) is 0 Å². The van der Waals surface area contributed by atoms with Crippen LogP contribution in [-0.2, 0) is 29.4 Å². The summed E-state index contributed by atoms with van der Waals surface area (Å²) in [6.45, 7) is 2.01. The van der Waals surface area contributed by atoms with Gasteiger partial charge in [0.05, 0.1) is 4.90 Å². The van der Waals surface area contributed by atoms with E-state index in [-0.39, 0.29) is 6.54 Å². The third-order valence-corrected chi connectivity index (χ3v) is 5.81. The zero-order chi connectivity index (χ0) is 16.7. The van der Waals surface area contributed by atoms with Gasteiger partial charge in [-0.15, -0.1) is 0 Å². The molecule has 4 rings (SSSR count). The number of sulfonamides is 1. The maximum Gasteiger partial charge on any atom is 0.240 e. The lowest BCUT2D eigenvalue weighted by atomic mass is 10.1. The number of fused-ring (bicyclic) bond motifs is 2. The summed E-state index contributed by atoms with van der Waals surface area (Å²) in [5, 5.41) is 0. The normalized spacial score (nSPS) is 14.2. The molecule has 0 radical (unpaired) electrons. The van der Waals surface area contributed by atoms with E-state index in [1.165, 1.54) is 5.56 Å². The molecule has 0 atom stereocenters. The van der Waals surface area contributed by atoms with E-state index in [9.17, 15) is 8.42 Å². The Kier molecular flexibility index (Phi) is 3.66. The maximum absolute atomic E-state index is 12.5. The van der Waals surface area contributed by atoms with Gasteiger partial charge in [0.15, 0.2) is 11.5 Å². The third-order valence-electron chi connectivity index (χ3n) is 4.41. The van der Waals surface area contributed by atoms with Gasteiger partial charge in [-0.25, -0.2) is 18.1 Å². The minimum absolute atomic E-state index is 0.217. The van der Waals surface area contributed by atoms with Crippen LogP contribution >= 0.6 is 0 Å². The van der Waals surface area contributed by atoms with Gasteiger partial charge in [-0.1, -0.05) is 12.1 Å².